The number of aryl methyl sites for hydroxylation is 1. The minimum absolute atomic E-state index is 0.202. The minimum atomic E-state index is 0.202. The number of nitrogens with two attached hydrogens (primary N) is 1. The first kappa shape index (κ1) is 10.2. The van der Waals surface area contributed by atoms with Gasteiger partial charge in [-0.05, 0) is 37.5 Å². The minimum Gasteiger partial charge on any atom is -0.328 e. The molecule has 2 aromatic heterocycles. The SMILES string of the molecule is CCc1cn2ccc(CC(C)N)cc2n1. The van der Waals surface area contributed by atoms with Crippen LogP contribution in [0.1, 0.15) is 25.1 Å². The predicted octanol–water partition coefficient (Wildman–Crippen LogP) is 1.79. The molecule has 0 bridgehead atoms. The number of rotatable bonds is 3. The second-order valence-corrected chi connectivity index (χ2v) is 4.07. The van der Waals surface area contributed by atoms with Gasteiger partial charge >= 0.3 is 0 Å². The Kier molecular flexibility index (Phi) is 2.73. The van der Waals surface area contributed by atoms with E-state index in [1.807, 2.05) is 6.92 Å². The summed E-state index contributed by atoms with van der Waals surface area (Å²) in [5, 5.41) is 0. The molecule has 0 saturated carbocycles. The third kappa shape index (κ3) is 2.18. The zero-order chi connectivity index (χ0) is 10.8. The van der Waals surface area contributed by atoms with Gasteiger partial charge in [-0.1, -0.05) is 6.92 Å². The highest BCUT2D eigenvalue weighted by Gasteiger charge is 2.02. The Morgan fingerprint density at radius 1 is 1.53 bits per heavy atom. The number of pyridine rings is 1. The molecule has 2 heterocycles. The quantitative estimate of drug-likeness (QED) is 0.826. The van der Waals surface area contributed by atoms with E-state index in [-0.39, 0.29) is 6.04 Å². The second-order valence-electron chi connectivity index (χ2n) is 4.07. The van der Waals surface area contributed by atoms with Crippen LogP contribution in [0, 0.1) is 0 Å². The largest absolute Gasteiger partial charge is 0.328 e. The van der Waals surface area contributed by atoms with Crippen molar-refractivity contribution in [3.8, 4) is 0 Å². The summed E-state index contributed by atoms with van der Waals surface area (Å²) in [5.74, 6) is 0. The fraction of sp³-hybridized carbons (Fsp3) is 0.417. The van der Waals surface area contributed by atoms with Gasteiger partial charge in [0.15, 0.2) is 0 Å². The van der Waals surface area contributed by atoms with Crippen molar-refractivity contribution < 1.29 is 0 Å². The first-order valence-corrected chi connectivity index (χ1v) is 5.41. The maximum atomic E-state index is 5.77. The summed E-state index contributed by atoms with van der Waals surface area (Å²) in [6.07, 6.45) is 6.01. The normalized spacial score (nSPS) is 13.3. The Bertz CT molecular complexity index is 457. The summed E-state index contributed by atoms with van der Waals surface area (Å²) >= 11 is 0. The average Bonchev–Trinajstić information content (AvgIpc) is 2.58. The van der Waals surface area contributed by atoms with Gasteiger partial charge < -0.3 is 10.1 Å². The van der Waals surface area contributed by atoms with E-state index >= 15 is 0 Å². The molecule has 0 aliphatic rings. The molecule has 80 valence electrons. The van der Waals surface area contributed by atoms with E-state index in [0.29, 0.717) is 0 Å². The van der Waals surface area contributed by atoms with Crippen LogP contribution in [0.4, 0.5) is 0 Å². The molecule has 3 nitrogen and oxygen atoms in total. The van der Waals surface area contributed by atoms with Crippen LogP contribution in [0.25, 0.3) is 5.65 Å². The van der Waals surface area contributed by atoms with Crippen LogP contribution in [-0.4, -0.2) is 15.4 Å². The molecule has 1 atom stereocenters. The van der Waals surface area contributed by atoms with E-state index in [0.717, 1.165) is 24.2 Å². The summed E-state index contributed by atoms with van der Waals surface area (Å²) in [7, 11) is 0. The molecule has 2 rings (SSSR count). The predicted molar refractivity (Wildman–Crippen MR) is 61.9 cm³/mol. The lowest BCUT2D eigenvalue weighted by molar-refractivity contribution is 0.737. The summed E-state index contributed by atoms with van der Waals surface area (Å²) in [4.78, 5) is 4.52. The van der Waals surface area contributed by atoms with Gasteiger partial charge in [-0.3, -0.25) is 0 Å². The lowest BCUT2D eigenvalue weighted by Crippen LogP contribution is -2.17. The van der Waals surface area contributed by atoms with Crippen LogP contribution in [0.5, 0.6) is 0 Å². The molecule has 0 spiro atoms. The molecule has 0 aliphatic heterocycles. The average molecular weight is 203 g/mol. The van der Waals surface area contributed by atoms with Crippen molar-refractivity contribution in [1.29, 1.82) is 0 Å². The first-order valence-electron chi connectivity index (χ1n) is 5.41. The monoisotopic (exact) mass is 203 g/mol. The molecule has 2 aromatic rings. The van der Waals surface area contributed by atoms with E-state index < -0.39 is 0 Å². The Morgan fingerprint density at radius 2 is 2.33 bits per heavy atom. The Balaban J connectivity index is 2.37. The number of nitrogens with zero attached hydrogens (tertiary/aromatic N) is 2. The van der Waals surface area contributed by atoms with Crippen molar-refractivity contribution in [1.82, 2.24) is 9.38 Å². The maximum absolute atomic E-state index is 5.77. The van der Waals surface area contributed by atoms with Gasteiger partial charge in [0.25, 0.3) is 0 Å². The van der Waals surface area contributed by atoms with Crippen LogP contribution < -0.4 is 5.73 Å². The highest BCUT2D eigenvalue weighted by molar-refractivity contribution is 5.43. The van der Waals surface area contributed by atoms with Gasteiger partial charge in [-0.25, -0.2) is 4.98 Å². The molecule has 0 saturated heterocycles. The maximum Gasteiger partial charge on any atom is 0.137 e. The molecule has 2 N–H and O–H groups in total. The number of fused-ring (bicyclic) bond motifs is 1. The van der Waals surface area contributed by atoms with E-state index in [1.54, 1.807) is 0 Å². The molecule has 0 amide bonds. The van der Waals surface area contributed by atoms with Gasteiger partial charge in [-0.15, -0.1) is 0 Å². The summed E-state index contributed by atoms with van der Waals surface area (Å²) in [5.41, 5.74) is 9.18. The molecule has 0 aromatic carbocycles. The van der Waals surface area contributed by atoms with Crippen molar-refractivity contribution in [2.75, 3.05) is 0 Å². The van der Waals surface area contributed by atoms with Gasteiger partial charge in [0.05, 0.1) is 5.69 Å². The van der Waals surface area contributed by atoms with Gasteiger partial charge in [0.2, 0.25) is 0 Å². The molecule has 0 fully saturated rings. The van der Waals surface area contributed by atoms with Crippen LogP contribution in [0.15, 0.2) is 24.5 Å². The van der Waals surface area contributed by atoms with Crippen molar-refractivity contribution in [2.24, 2.45) is 5.73 Å². The fourth-order valence-electron chi connectivity index (χ4n) is 1.75. The zero-order valence-corrected chi connectivity index (χ0v) is 9.27. The van der Waals surface area contributed by atoms with Crippen molar-refractivity contribution in [3.63, 3.8) is 0 Å². The van der Waals surface area contributed by atoms with Gasteiger partial charge in [0, 0.05) is 18.4 Å². The van der Waals surface area contributed by atoms with E-state index in [4.69, 9.17) is 5.73 Å². The van der Waals surface area contributed by atoms with Crippen LogP contribution in [0.2, 0.25) is 0 Å². The second kappa shape index (κ2) is 4.03. The molecular formula is C12H17N3. The Hall–Kier alpha value is -1.35. The Morgan fingerprint density at radius 3 is 3.00 bits per heavy atom. The van der Waals surface area contributed by atoms with E-state index in [9.17, 15) is 0 Å². The van der Waals surface area contributed by atoms with Gasteiger partial charge in [0.1, 0.15) is 5.65 Å². The number of aromatic nitrogens is 2. The number of imidazole rings is 1. The molecule has 0 aliphatic carbocycles. The van der Waals surface area contributed by atoms with Crippen molar-refractivity contribution in [2.45, 2.75) is 32.7 Å². The molecule has 1 unspecified atom stereocenters. The van der Waals surface area contributed by atoms with E-state index in [1.165, 1.54) is 5.56 Å². The van der Waals surface area contributed by atoms with Crippen LogP contribution in [-0.2, 0) is 12.8 Å². The number of hydrogen-bond acceptors (Lipinski definition) is 2. The highest BCUT2D eigenvalue weighted by Crippen LogP contribution is 2.10. The Labute approximate surface area is 89.9 Å². The van der Waals surface area contributed by atoms with E-state index in [2.05, 4.69) is 40.8 Å². The number of hydrogen-bond donors (Lipinski definition) is 1. The van der Waals surface area contributed by atoms with Crippen molar-refractivity contribution >= 4 is 5.65 Å². The summed E-state index contributed by atoms with van der Waals surface area (Å²) < 4.78 is 2.06. The molecule has 3 heteroatoms. The zero-order valence-electron chi connectivity index (χ0n) is 9.27. The smallest absolute Gasteiger partial charge is 0.137 e. The summed E-state index contributed by atoms with van der Waals surface area (Å²) in [6, 6.07) is 4.42. The van der Waals surface area contributed by atoms with Crippen LogP contribution >= 0.6 is 0 Å². The fourth-order valence-corrected chi connectivity index (χ4v) is 1.75. The standard InChI is InChI=1S/C12H17N3/c1-3-11-8-15-5-4-10(6-9(2)13)7-12(15)14-11/h4-5,7-9H,3,6,13H2,1-2H3. The molecule has 0 radical (unpaired) electrons. The highest BCUT2D eigenvalue weighted by atomic mass is 15.0. The van der Waals surface area contributed by atoms with Crippen LogP contribution in [0.3, 0.4) is 0 Å². The third-order valence-electron chi connectivity index (χ3n) is 2.49. The first-order chi connectivity index (χ1) is 7.19. The van der Waals surface area contributed by atoms with Crippen molar-refractivity contribution in [3.05, 3.63) is 35.8 Å². The topological polar surface area (TPSA) is 43.3 Å². The van der Waals surface area contributed by atoms with Gasteiger partial charge in [-0.2, -0.15) is 0 Å². The summed E-state index contributed by atoms with van der Waals surface area (Å²) in [6.45, 7) is 4.14. The third-order valence-corrected chi connectivity index (χ3v) is 2.49. The lowest BCUT2D eigenvalue weighted by Gasteiger charge is -2.04. The molecule has 15 heavy (non-hydrogen) atoms. The lowest BCUT2D eigenvalue weighted by atomic mass is 10.1. The molecular weight excluding hydrogens is 186 g/mol.